The molecular formula is C50H42F3N5O2. The van der Waals surface area contributed by atoms with Crippen LogP contribution in [0, 0.1) is 0 Å². The summed E-state index contributed by atoms with van der Waals surface area (Å²) in [5.41, 5.74) is 4.74. The standard InChI is InChI=1S/C50H42F3N5O2/c1-5-6-25-57-44(29-43(49(2,3)4)58(57)42-24-21-30-13-7-9-15-35(30)42)56-48(60)38-28-34(50(51,52)53)22-23-36(38)45-37-16-10-12-18-40(37)55-46(45)47(59)33-20-19-32-26-31-14-8-11-17-39(31)54-41(32)27-33/h7-24,26-29,42,55H,5-6,25H2,1-4H3. The van der Waals surface area contributed by atoms with Gasteiger partial charge in [-0.05, 0) is 59.5 Å². The van der Waals surface area contributed by atoms with Gasteiger partial charge in [0.2, 0.25) is 5.78 Å². The topological polar surface area (TPSA) is 85.0 Å². The number of aromatic nitrogens is 4. The maximum atomic E-state index is 14.8. The second-order valence-electron chi connectivity index (χ2n) is 16.4. The summed E-state index contributed by atoms with van der Waals surface area (Å²) in [5.74, 6) is -1.26. The summed E-state index contributed by atoms with van der Waals surface area (Å²) < 4.78 is 47.7. The molecule has 8 aromatic rings. The van der Waals surface area contributed by atoms with Crippen LogP contribution in [0.25, 0.3) is 49.9 Å². The molecule has 5 aromatic carbocycles. The van der Waals surface area contributed by atoms with Crippen molar-refractivity contribution in [1.29, 1.82) is 0 Å². The van der Waals surface area contributed by atoms with Gasteiger partial charge in [-0.25, -0.2) is 4.98 Å². The number of H-pyrrole nitrogens is 1. The minimum absolute atomic E-state index is 0.135. The van der Waals surface area contributed by atoms with E-state index >= 15 is 0 Å². The highest BCUT2D eigenvalue weighted by Crippen LogP contribution is 2.40. The van der Waals surface area contributed by atoms with Gasteiger partial charge in [0.25, 0.3) is 5.91 Å². The first-order chi connectivity index (χ1) is 28.8. The monoisotopic (exact) mass is 801 g/mol. The third-order valence-corrected chi connectivity index (χ3v) is 11.3. The van der Waals surface area contributed by atoms with Crippen LogP contribution >= 0.6 is 0 Å². The Morgan fingerprint density at radius 3 is 2.37 bits per heavy atom. The van der Waals surface area contributed by atoms with Crippen molar-refractivity contribution in [1.82, 2.24) is 19.3 Å². The number of rotatable bonds is 8. The smallest absolute Gasteiger partial charge is 0.351 e. The number of hydrogen-bond donors (Lipinski definition) is 1. The molecular weight excluding hydrogens is 760 g/mol. The predicted octanol–water partition coefficient (Wildman–Crippen LogP) is 11.8. The number of ketones is 1. The van der Waals surface area contributed by atoms with Crippen LogP contribution in [0.5, 0.6) is 0 Å². The number of aromatic amines is 1. The van der Waals surface area contributed by atoms with Crippen LogP contribution in [-0.4, -0.2) is 31.0 Å². The third kappa shape index (κ3) is 6.85. The maximum Gasteiger partial charge on any atom is 0.416 e. The lowest BCUT2D eigenvalue weighted by molar-refractivity contribution is -0.137. The molecule has 0 spiro atoms. The summed E-state index contributed by atoms with van der Waals surface area (Å²) in [6, 6.07) is 35.1. The van der Waals surface area contributed by atoms with Crippen molar-refractivity contribution in [2.45, 2.75) is 64.7 Å². The highest BCUT2D eigenvalue weighted by molar-refractivity contribution is 6.19. The van der Waals surface area contributed by atoms with Crippen molar-refractivity contribution in [2.75, 3.05) is 0 Å². The maximum absolute atomic E-state index is 14.8. The summed E-state index contributed by atoms with van der Waals surface area (Å²) in [7, 11) is 0. The Morgan fingerprint density at radius 2 is 1.57 bits per heavy atom. The van der Waals surface area contributed by atoms with Gasteiger partial charge in [0.1, 0.15) is 0 Å². The van der Waals surface area contributed by atoms with Gasteiger partial charge in [0.15, 0.2) is 5.49 Å². The average molecular weight is 802 g/mol. The Balaban J connectivity index is 1.23. The number of fused-ring (bicyclic) bond motifs is 4. The van der Waals surface area contributed by atoms with Crippen molar-refractivity contribution in [2.24, 2.45) is 4.99 Å². The number of nitrogens with zero attached hydrogens (tertiary/aromatic N) is 4. The highest BCUT2D eigenvalue weighted by Gasteiger charge is 2.34. The lowest BCUT2D eigenvalue weighted by atomic mass is 9.91. The fourth-order valence-electron chi connectivity index (χ4n) is 8.36. The predicted molar refractivity (Wildman–Crippen MR) is 231 cm³/mol. The molecule has 1 amide bonds. The van der Waals surface area contributed by atoms with Gasteiger partial charge in [-0.2, -0.15) is 18.2 Å². The molecule has 3 aromatic heterocycles. The molecule has 0 bridgehead atoms. The zero-order valence-electron chi connectivity index (χ0n) is 33.6. The number of halogens is 3. The van der Waals surface area contributed by atoms with E-state index in [0.29, 0.717) is 39.6 Å². The van der Waals surface area contributed by atoms with Crippen LogP contribution in [0.1, 0.15) is 95.4 Å². The number of para-hydroxylation sites is 2. The van der Waals surface area contributed by atoms with Crippen molar-refractivity contribution in [3.63, 3.8) is 0 Å². The summed E-state index contributed by atoms with van der Waals surface area (Å²) in [6.07, 6.45) is 1.11. The fourth-order valence-corrected chi connectivity index (χ4v) is 8.36. The molecule has 9 rings (SSSR count). The quantitative estimate of drug-likeness (QED) is 0.123. The molecule has 0 saturated heterocycles. The van der Waals surface area contributed by atoms with E-state index < -0.39 is 23.4 Å². The van der Waals surface area contributed by atoms with E-state index in [1.165, 1.54) is 6.07 Å². The number of hydrogen-bond acceptors (Lipinski definition) is 3. The zero-order valence-corrected chi connectivity index (χ0v) is 33.6. The Kier molecular flexibility index (Phi) is 9.53. The molecule has 0 saturated carbocycles. The first-order valence-corrected chi connectivity index (χ1v) is 20.2. The van der Waals surface area contributed by atoms with Gasteiger partial charge in [-0.15, -0.1) is 0 Å². The Hall–Kier alpha value is -6.81. The molecule has 0 fully saturated rings. The van der Waals surface area contributed by atoms with E-state index in [0.717, 1.165) is 58.1 Å². The molecule has 7 nitrogen and oxygen atoms in total. The number of nitrogens with one attached hydrogen (secondary N) is 1. The van der Waals surface area contributed by atoms with E-state index in [1.54, 1.807) is 36.4 Å². The molecule has 300 valence electrons. The van der Waals surface area contributed by atoms with Crippen molar-refractivity contribution < 1.29 is 22.8 Å². The molecule has 3 heterocycles. The van der Waals surface area contributed by atoms with Crippen molar-refractivity contribution >= 4 is 50.5 Å². The lowest BCUT2D eigenvalue weighted by Crippen LogP contribution is -2.30. The number of carbonyl (C=O) groups excluding carboxylic acids is 2. The first kappa shape index (κ1) is 38.7. The minimum Gasteiger partial charge on any atom is -0.351 e. The lowest BCUT2D eigenvalue weighted by Gasteiger charge is -2.27. The normalized spacial score (nSPS) is 14.4. The molecule has 0 aliphatic heterocycles. The minimum atomic E-state index is -4.75. The van der Waals surface area contributed by atoms with Gasteiger partial charge >= 0.3 is 6.18 Å². The van der Waals surface area contributed by atoms with Crippen molar-refractivity contribution in [3.8, 4) is 11.1 Å². The molecule has 1 N–H and O–H groups in total. The van der Waals surface area contributed by atoms with Crippen LogP contribution in [0.15, 0.2) is 132 Å². The number of amides is 1. The average Bonchev–Trinajstić information content (AvgIpc) is 3.94. The number of pyridine rings is 1. The molecule has 1 unspecified atom stereocenters. The zero-order chi connectivity index (χ0) is 41.9. The molecule has 1 aliphatic rings. The second kappa shape index (κ2) is 14.8. The SMILES string of the molecule is CCCCn1c(=NC(=O)c2cc(C(F)(F)F)ccc2-c2c(C(=O)c3ccc4cc5ccccc5nc4c3)[nH]c3ccccc23)cc(C(C)(C)C)n1C1C=Cc2ccccc21. The highest BCUT2D eigenvalue weighted by atomic mass is 19.4. The van der Waals surface area contributed by atoms with E-state index in [1.807, 2.05) is 59.3 Å². The Bertz CT molecular complexity index is 3120. The molecule has 10 heteroatoms. The second-order valence-corrected chi connectivity index (χ2v) is 16.4. The number of alkyl halides is 3. The van der Waals surface area contributed by atoms with Gasteiger partial charge in [0.05, 0.1) is 33.9 Å². The first-order valence-electron chi connectivity index (χ1n) is 20.2. The van der Waals surface area contributed by atoms with E-state index in [9.17, 15) is 22.8 Å². The van der Waals surface area contributed by atoms with Gasteiger partial charge in [-0.3, -0.25) is 19.0 Å². The molecule has 0 radical (unpaired) electrons. The number of benzene rings is 5. The summed E-state index contributed by atoms with van der Waals surface area (Å²) in [4.78, 5) is 42.2. The van der Waals surface area contributed by atoms with E-state index in [-0.39, 0.29) is 28.3 Å². The van der Waals surface area contributed by atoms with Crippen LogP contribution in [0.3, 0.4) is 0 Å². The van der Waals surface area contributed by atoms with Crippen LogP contribution in [-0.2, 0) is 18.1 Å². The summed E-state index contributed by atoms with van der Waals surface area (Å²) in [5, 5.41) is 2.40. The van der Waals surface area contributed by atoms with Crippen LogP contribution in [0.4, 0.5) is 13.2 Å². The number of unbranched alkanes of at least 4 members (excludes halogenated alkanes) is 1. The summed E-state index contributed by atoms with van der Waals surface area (Å²) >= 11 is 0. The summed E-state index contributed by atoms with van der Waals surface area (Å²) in [6.45, 7) is 8.88. The van der Waals surface area contributed by atoms with Crippen LogP contribution in [0.2, 0.25) is 0 Å². The largest absolute Gasteiger partial charge is 0.416 e. The Labute approximate surface area is 344 Å². The number of carbonyl (C=O) groups is 2. The third-order valence-electron chi connectivity index (χ3n) is 11.3. The number of allylic oxidation sites excluding steroid dienone is 1. The van der Waals surface area contributed by atoms with E-state index in [4.69, 9.17) is 4.98 Å². The molecule has 60 heavy (non-hydrogen) atoms. The van der Waals surface area contributed by atoms with E-state index in [2.05, 4.69) is 66.6 Å². The van der Waals surface area contributed by atoms with Gasteiger partial charge in [-0.1, -0.05) is 125 Å². The molecule has 1 aliphatic carbocycles. The van der Waals surface area contributed by atoms with Crippen molar-refractivity contribution in [3.05, 3.63) is 172 Å². The van der Waals surface area contributed by atoms with Gasteiger partial charge in [0, 0.05) is 56.5 Å². The molecule has 1 atom stereocenters. The van der Waals surface area contributed by atoms with Crippen LogP contribution < -0.4 is 5.49 Å². The Morgan fingerprint density at radius 1 is 0.817 bits per heavy atom. The fraction of sp³-hybridized carbons (Fsp3) is 0.200. The van der Waals surface area contributed by atoms with Gasteiger partial charge < -0.3 is 4.98 Å².